The lowest BCUT2D eigenvalue weighted by Gasteiger charge is -2.33. The second-order valence-corrected chi connectivity index (χ2v) is 11.5. The highest BCUT2D eigenvalue weighted by Crippen LogP contribution is 2.29. The van der Waals surface area contributed by atoms with Crippen molar-refractivity contribution < 1.29 is 18.0 Å². The van der Waals surface area contributed by atoms with Gasteiger partial charge in [0.1, 0.15) is 0 Å². The molecule has 2 unspecified atom stereocenters. The summed E-state index contributed by atoms with van der Waals surface area (Å²) in [4.78, 5) is 29.0. The van der Waals surface area contributed by atoms with E-state index in [0.717, 1.165) is 38.8 Å². The predicted molar refractivity (Wildman–Crippen MR) is 116 cm³/mol. The summed E-state index contributed by atoms with van der Waals surface area (Å²) < 4.78 is 23.5. The molecule has 0 aromatic heterocycles. The van der Waals surface area contributed by atoms with Gasteiger partial charge in [0.25, 0.3) is 0 Å². The average molecular weight is 433 g/mol. The van der Waals surface area contributed by atoms with Crippen LogP contribution in [-0.2, 0) is 25.8 Å². The first kappa shape index (κ1) is 21.3. The zero-order valence-electron chi connectivity index (χ0n) is 17.8. The summed E-state index contributed by atoms with van der Waals surface area (Å²) in [5.41, 5.74) is 2.65. The fraction of sp³-hybridized carbons (Fsp3) is 0.652. The standard InChI is InChI=1S/C23H32N2O4S/c1-17-2-4-18(5-3-17)6-7-19-8-11-24(12-9-19)23(27)20-14-22(26)25(15-20)21-10-13-30(28,29)16-21/h2-5,19-21H,6-16H2,1H3. The number of amides is 2. The second kappa shape index (κ2) is 8.69. The minimum absolute atomic E-state index is 0.0476. The van der Waals surface area contributed by atoms with Gasteiger partial charge >= 0.3 is 0 Å². The van der Waals surface area contributed by atoms with Crippen LogP contribution >= 0.6 is 0 Å². The molecule has 6 nitrogen and oxygen atoms in total. The third kappa shape index (κ3) is 4.88. The smallest absolute Gasteiger partial charge is 0.227 e. The molecule has 4 rings (SSSR count). The lowest BCUT2D eigenvalue weighted by atomic mass is 9.90. The third-order valence-electron chi connectivity index (χ3n) is 7.04. The van der Waals surface area contributed by atoms with Crippen LogP contribution in [0.5, 0.6) is 0 Å². The molecule has 3 saturated heterocycles. The Morgan fingerprint density at radius 3 is 2.43 bits per heavy atom. The summed E-state index contributed by atoms with van der Waals surface area (Å²) >= 11 is 0. The van der Waals surface area contributed by atoms with Gasteiger partial charge in [-0.1, -0.05) is 29.8 Å². The summed E-state index contributed by atoms with van der Waals surface area (Å²) in [5.74, 6) is 0.528. The lowest BCUT2D eigenvalue weighted by molar-refractivity contribution is -0.137. The van der Waals surface area contributed by atoms with E-state index in [1.54, 1.807) is 4.90 Å². The molecule has 3 fully saturated rings. The van der Waals surface area contributed by atoms with E-state index in [2.05, 4.69) is 31.2 Å². The van der Waals surface area contributed by atoms with Crippen LogP contribution in [0.1, 0.15) is 43.2 Å². The maximum Gasteiger partial charge on any atom is 0.227 e. The molecule has 0 saturated carbocycles. The first-order valence-corrected chi connectivity index (χ1v) is 13.0. The van der Waals surface area contributed by atoms with Crippen molar-refractivity contribution in [1.82, 2.24) is 9.80 Å². The number of piperidine rings is 1. The highest BCUT2D eigenvalue weighted by atomic mass is 32.2. The maximum atomic E-state index is 13.0. The summed E-state index contributed by atoms with van der Waals surface area (Å²) in [6.07, 6.45) is 4.99. The van der Waals surface area contributed by atoms with Crippen LogP contribution in [0.4, 0.5) is 0 Å². The number of sulfone groups is 1. The largest absolute Gasteiger partial charge is 0.342 e. The van der Waals surface area contributed by atoms with Gasteiger partial charge in [-0.2, -0.15) is 0 Å². The Morgan fingerprint density at radius 2 is 1.80 bits per heavy atom. The molecule has 1 aromatic carbocycles. The molecular weight excluding hydrogens is 400 g/mol. The monoisotopic (exact) mass is 432 g/mol. The van der Waals surface area contributed by atoms with E-state index in [9.17, 15) is 18.0 Å². The normalized spacial score (nSPS) is 27.0. The van der Waals surface area contributed by atoms with Crippen LogP contribution in [0.15, 0.2) is 24.3 Å². The Hall–Kier alpha value is -1.89. The van der Waals surface area contributed by atoms with E-state index < -0.39 is 9.84 Å². The van der Waals surface area contributed by atoms with Crippen molar-refractivity contribution >= 4 is 21.7 Å². The number of carbonyl (C=O) groups is 2. The molecule has 2 amide bonds. The average Bonchev–Trinajstić information content (AvgIpc) is 3.29. The van der Waals surface area contributed by atoms with E-state index in [1.807, 2.05) is 4.90 Å². The van der Waals surface area contributed by atoms with Crippen molar-refractivity contribution in [3.63, 3.8) is 0 Å². The van der Waals surface area contributed by atoms with Gasteiger partial charge in [-0.05, 0) is 50.5 Å². The quantitative estimate of drug-likeness (QED) is 0.715. The summed E-state index contributed by atoms with van der Waals surface area (Å²) in [7, 11) is -3.04. The first-order valence-electron chi connectivity index (χ1n) is 11.1. The van der Waals surface area contributed by atoms with Gasteiger partial charge in [0, 0.05) is 32.1 Å². The number of hydrogen-bond acceptors (Lipinski definition) is 4. The number of benzene rings is 1. The number of hydrogen-bond donors (Lipinski definition) is 0. The van der Waals surface area contributed by atoms with Gasteiger partial charge in [-0.3, -0.25) is 9.59 Å². The Balaban J connectivity index is 1.24. The fourth-order valence-corrected chi connectivity index (χ4v) is 6.83. The van der Waals surface area contributed by atoms with Crippen LogP contribution < -0.4 is 0 Å². The van der Waals surface area contributed by atoms with Crippen LogP contribution in [0, 0.1) is 18.8 Å². The third-order valence-corrected chi connectivity index (χ3v) is 8.80. The van der Waals surface area contributed by atoms with Gasteiger partial charge < -0.3 is 9.80 Å². The fourth-order valence-electron chi connectivity index (χ4n) is 5.10. The number of carbonyl (C=O) groups excluding carboxylic acids is 2. The molecule has 3 heterocycles. The zero-order valence-corrected chi connectivity index (χ0v) is 18.6. The van der Waals surface area contributed by atoms with Crippen molar-refractivity contribution in [3.05, 3.63) is 35.4 Å². The molecule has 0 bridgehead atoms. The molecule has 2 atom stereocenters. The zero-order chi connectivity index (χ0) is 21.3. The van der Waals surface area contributed by atoms with Gasteiger partial charge in [0.2, 0.25) is 11.8 Å². The maximum absolute atomic E-state index is 13.0. The molecule has 3 aliphatic rings. The molecule has 0 spiro atoms. The summed E-state index contributed by atoms with van der Waals surface area (Å²) in [6.45, 7) is 4.01. The van der Waals surface area contributed by atoms with Gasteiger partial charge in [-0.15, -0.1) is 0 Å². The Kier molecular flexibility index (Phi) is 6.19. The molecule has 1 aromatic rings. The number of nitrogens with zero attached hydrogens (tertiary/aromatic N) is 2. The van der Waals surface area contributed by atoms with Crippen molar-refractivity contribution in [2.45, 2.75) is 51.5 Å². The Morgan fingerprint density at radius 1 is 1.10 bits per heavy atom. The molecule has 0 radical (unpaired) electrons. The van der Waals surface area contributed by atoms with Crippen LogP contribution in [0.3, 0.4) is 0 Å². The molecular formula is C23H32N2O4S. The van der Waals surface area contributed by atoms with Crippen LogP contribution in [-0.4, -0.2) is 67.2 Å². The molecule has 0 aliphatic carbocycles. The van der Waals surface area contributed by atoms with Gasteiger partial charge in [0.05, 0.1) is 17.4 Å². The van der Waals surface area contributed by atoms with E-state index in [1.165, 1.54) is 11.1 Å². The van der Waals surface area contributed by atoms with E-state index in [-0.39, 0.29) is 41.7 Å². The molecule has 0 N–H and O–H groups in total. The number of aryl methyl sites for hydroxylation is 2. The molecule has 3 aliphatic heterocycles. The van der Waals surface area contributed by atoms with Crippen molar-refractivity contribution in [2.75, 3.05) is 31.1 Å². The van der Waals surface area contributed by atoms with E-state index in [4.69, 9.17) is 0 Å². The van der Waals surface area contributed by atoms with Crippen molar-refractivity contribution in [3.8, 4) is 0 Å². The highest BCUT2D eigenvalue weighted by Gasteiger charge is 2.43. The molecule has 164 valence electrons. The number of likely N-dealkylation sites (tertiary alicyclic amines) is 2. The number of rotatable bonds is 5. The van der Waals surface area contributed by atoms with Gasteiger partial charge in [-0.25, -0.2) is 8.42 Å². The minimum atomic E-state index is -3.04. The Bertz CT molecular complexity index is 888. The highest BCUT2D eigenvalue weighted by molar-refractivity contribution is 7.91. The summed E-state index contributed by atoms with van der Waals surface area (Å²) in [6, 6.07) is 8.47. The van der Waals surface area contributed by atoms with Gasteiger partial charge in [0.15, 0.2) is 9.84 Å². The first-order chi connectivity index (χ1) is 14.3. The second-order valence-electron chi connectivity index (χ2n) is 9.30. The summed E-state index contributed by atoms with van der Waals surface area (Å²) in [5, 5.41) is 0. The SMILES string of the molecule is Cc1ccc(CCC2CCN(C(=O)C3CC(=O)N(C4CCS(=O)(=O)C4)C3)CC2)cc1. The van der Waals surface area contributed by atoms with Crippen LogP contribution in [0.2, 0.25) is 0 Å². The van der Waals surface area contributed by atoms with E-state index >= 15 is 0 Å². The van der Waals surface area contributed by atoms with E-state index in [0.29, 0.717) is 18.9 Å². The minimum Gasteiger partial charge on any atom is -0.342 e. The topological polar surface area (TPSA) is 74.8 Å². The Labute approximate surface area is 179 Å². The van der Waals surface area contributed by atoms with Crippen LogP contribution in [0.25, 0.3) is 0 Å². The molecule has 7 heteroatoms. The predicted octanol–water partition coefficient (Wildman–Crippen LogP) is 2.20. The molecule has 30 heavy (non-hydrogen) atoms. The lowest BCUT2D eigenvalue weighted by Crippen LogP contribution is -2.43. The van der Waals surface area contributed by atoms with Crippen molar-refractivity contribution in [2.24, 2.45) is 11.8 Å². The van der Waals surface area contributed by atoms with Crippen molar-refractivity contribution in [1.29, 1.82) is 0 Å².